The molecule has 0 aliphatic carbocycles. The monoisotopic (exact) mass is 224 g/mol. The lowest BCUT2D eigenvalue weighted by atomic mass is 10.2. The second kappa shape index (κ2) is 4.33. The number of nitrogens with zero attached hydrogens (tertiary/aromatic N) is 2. The predicted molar refractivity (Wildman–Crippen MR) is 50.9 cm³/mol. The molecule has 1 aliphatic heterocycles. The number of nitro groups is 1. The summed E-state index contributed by atoms with van der Waals surface area (Å²) in [6.45, 7) is 0.888. The Hall–Kier alpha value is -1.86. The first-order valence-electron chi connectivity index (χ1n) is 4.55. The number of carbonyl (C=O) groups is 1. The van der Waals surface area contributed by atoms with E-state index in [0.717, 1.165) is 6.20 Å². The van der Waals surface area contributed by atoms with Gasteiger partial charge in [-0.15, -0.1) is 0 Å². The molecule has 84 valence electrons. The highest BCUT2D eigenvalue weighted by Crippen LogP contribution is 2.24. The summed E-state index contributed by atoms with van der Waals surface area (Å²) in [6.07, 6.45) is 0.807. The Morgan fingerprint density at radius 2 is 2.19 bits per heavy atom. The van der Waals surface area contributed by atoms with Crippen molar-refractivity contribution in [3.8, 4) is 0 Å². The van der Waals surface area contributed by atoms with Crippen LogP contribution in [0.25, 0.3) is 0 Å². The molecule has 0 spiro atoms. The second-order valence-corrected chi connectivity index (χ2v) is 3.12. The van der Waals surface area contributed by atoms with Crippen molar-refractivity contribution in [1.82, 2.24) is 4.98 Å². The molecule has 1 fully saturated rings. The van der Waals surface area contributed by atoms with Crippen LogP contribution in [0.3, 0.4) is 0 Å². The van der Waals surface area contributed by atoms with E-state index in [2.05, 4.69) is 4.98 Å². The number of aromatic nitrogens is 1. The maximum atomic E-state index is 10.7. The van der Waals surface area contributed by atoms with Gasteiger partial charge in [0.05, 0.1) is 29.4 Å². The van der Waals surface area contributed by atoms with Gasteiger partial charge in [-0.3, -0.25) is 14.9 Å². The largest absolute Gasteiger partial charge is 0.345 e. The van der Waals surface area contributed by atoms with E-state index in [0.29, 0.717) is 25.2 Å². The van der Waals surface area contributed by atoms with Gasteiger partial charge in [-0.2, -0.15) is 0 Å². The highest BCUT2D eigenvalue weighted by atomic mass is 16.7. The lowest BCUT2D eigenvalue weighted by Gasteiger charge is -2.08. The standard InChI is InChI=1S/C9H8N2O5/c12-5-6-3-7(9-15-1-2-16-9)10-4-8(6)11(13)14/h3-5,9H,1-2H2. The van der Waals surface area contributed by atoms with Gasteiger partial charge in [0.25, 0.3) is 5.69 Å². The zero-order valence-electron chi connectivity index (χ0n) is 8.16. The van der Waals surface area contributed by atoms with Gasteiger partial charge in [0.15, 0.2) is 6.29 Å². The van der Waals surface area contributed by atoms with Crippen molar-refractivity contribution in [3.63, 3.8) is 0 Å². The molecule has 16 heavy (non-hydrogen) atoms. The molecule has 0 aromatic carbocycles. The van der Waals surface area contributed by atoms with Gasteiger partial charge in [0.1, 0.15) is 6.20 Å². The minimum absolute atomic E-state index is 0.0332. The summed E-state index contributed by atoms with van der Waals surface area (Å²) >= 11 is 0. The van der Waals surface area contributed by atoms with E-state index in [9.17, 15) is 14.9 Å². The third kappa shape index (κ3) is 1.90. The van der Waals surface area contributed by atoms with Crippen LogP contribution < -0.4 is 0 Å². The number of pyridine rings is 1. The number of ether oxygens (including phenoxy) is 2. The Morgan fingerprint density at radius 1 is 1.50 bits per heavy atom. The van der Waals surface area contributed by atoms with Crippen molar-refractivity contribution in [3.05, 3.63) is 33.6 Å². The van der Waals surface area contributed by atoms with Gasteiger partial charge in [-0.05, 0) is 6.07 Å². The van der Waals surface area contributed by atoms with Crippen molar-refractivity contribution in [2.24, 2.45) is 0 Å². The Labute approximate surface area is 90.1 Å². The fraction of sp³-hybridized carbons (Fsp3) is 0.333. The molecule has 0 radical (unpaired) electrons. The van der Waals surface area contributed by atoms with Crippen LogP contribution in [0.1, 0.15) is 22.3 Å². The van der Waals surface area contributed by atoms with E-state index in [4.69, 9.17) is 9.47 Å². The number of carbonyl (C=O) groups excluding carboxylic acids is 1. The quantitative estimate of drug-likeness (QED) is 0.429. The molecule has 0 amide bonds. The number of aldehydes is 1. The third-order valence-electron chi connectivity index (χ3n) is 2.12. The molecule has 1 aliphatic rings. The lowest BCUT2D eigenvalue weighted by Crippen LogP contribution is -2.04. The third-order valence-corrected chi connectivity index (χ3v) is 2.12. The number of rotatable bonds is 3. The maximum absolute atomic E-state index is 10.7. The molecular weight excluding hydrogens is 216 g/mol. The van der Waals surface area contributed by atoms with Crippen molar-refractivity contribution in [1.29, 1.82) is 0 Å². The van der Waals surface area contributed by atoms with E-state index in [1.807, 2.05) is 0 Å². The Morgan fingerprint density at radius 3 is 2.75 bits per heavy atom. The zero-order valence-corrected chi connectivity index (χ0v) is 8.16. The molecule has 1 saturated heterocycles. The van der Waals surface area contributed by atoms with Crippen molar-refractivity contribution in [2.75, 3.05) is 13.2 Å². The molecule has 0 bridgehead atoms. The molecule has 0 atom stereocenters. The number of hydrogen-bond donors (Lipinski definition) is 0. The van der Waals surface area contributed by atoms with E-state index in [1.165, 1.54) is 6.07 Å². The normalized spacial score (nSPS) is 16.2. The van der Waals surface area contributed by atoms with Crippen LogP contribution in [-0.2, 0) is 9.47 Å². The van der Waals surface area contributed by atoms with E-state index in [-0.39, 0.29) is 11.3 Å². The maximum Gasteiger partial charge on any atom is 0.298 e. The summed E-state index contributed by atoms with van der Waals surface area (Å²) in [6, 6.07) is 1.31. The molecule has 2 heterocycles. The Balaban J connectivity index is 2.35. The average Bonchev–Trinajstić information content (AvgIpc) is 2.81. The van der Waals surface area contributed by atoms with E-state index in [1.54, 1.807) is 0 Å². The molecule has 2 rings (SSSR count). The van der Waals surface area contributed by atoms with Gasteiger partial charge >= 0.3 is 0 Å². The fourth-order valence-electron chi connectivity index (χ4n) is 1.39. The lowest BCUT2D eigenvalue weighted by molar-refractivity contribution is -0.385. The first kappa shape index (κ1) is 10.7. The number of hydrogen-bond acceptors (Lipinski definition) is 6. The van der Waals surface area contributed by atoms with Crippen LogP contribution in [0.5, 0.6) is 0 Å². The summed E-state index contributed by atoms with van der Waals surface area (Å²) in [5.41, 5.74) is 0.0102. The van der Waals surface area contributed by atoms with Crippen LogP contribution >= 0.6 is 0 Å². The average molecular weight is 224 g/mol. The van der Waals surface area contributed by atoms with Crippen molar-refractivity contribution in [2.45, 2.75) is 6.29 Å². The topological polar surface area (TPSA) is 91.6 Å². The SMILES string of the molecule is O=Cc1cc(C2OCCO2)ncc1[N+](=O)[O-]. The van der Waals surface area contributed by atoms with Crippen LogP contribution in [0, 0.1) is 10.1 Å². The first-order chi connectivity index (χ1) is 7.72. The molecule has 0 saturated carbocycles. The molecule has 7 nitrogen and oxygen atoms in total. The molecule has 1 aromatic heterocycles. The van der Waals surface area contributed by atoms with Gasteiger partial charge in [0.2, 0.25) is 6.29 Å². The minimum atomic E-state index is -0.656. The summed E-state index contributed by atoms with van der Waals surface area (Å²) in [4.78, 5) is 24.4. The van der Waals surface area contributed by atoms with Gasteiger partial charge in [-0.25, -0.2) is 4.98 Å². The second-order valence-electron chi connectivity index (χ2n) is 3.12. The summed E-state index contributed by atoms with van der Waals surface area (Å²) < 4.78 is 10.3. The molecule has 0 unspecified atom stereocenters. The summed E-state index contributed by atoms with van der Waals surface area (Å²) in [5, 5.41) is 10.6. The summed E-state index contributed by atoms with van der Waals surface area (Å²) in [5.74, 6) is 0. The highest BCUT2D eigenvalue weighted by Gasteiger charge is 2.23. The van der Waals surface area contributed by atoms with E-state index < -0.39 is 11.2 Å². The molecule has 0 N–H and O–H groups in total. The molecular formula is C9H8N2O5. The van der Waals surface area contributed by atoms with Crippen molar-refractivity contribution < 1.29 is 19.2 Å². The van der Waals surface area contributed by atoms with Gasteiger partial charge < -0.3 is 9.47 Å². The van der Waals surface area contributed by atoms with Crippen LogP contribution in [0.15, 0.2) is 12.3 Å². The summed E-state index contributed by atoms with van der Waals surface area (Å²) in [7, 11) is 0. The van der Waals surface area contributed by atoms with Crippen molar-refractivity contribution >= 4 is 12.0 Å². The van der Waals surface area contributed by atoms with Gasteiger partial charge in [0, 0.05) is 0 Å². The van der Waals surface area contributed by atoms with Crippen LogP contribution in [-0.4, -0.2) is 29.4 Å². The predicted octanol–water partition coefficient (Wildman–Crippen LogP) is 0.848. The zero-order chi connectivity index (χ0) is 11.5. The van der Waals surface area contributed by atoms with Crippen LogP contribution in [0.2, 0.25) is 0 Å². The smallest absolute Gasteiger partial charge is 0.298 e. The first-order valence-corrected chi connectivity index (χ1v) is 4.55. The Bertz CT molecular complexity index is 428. The minimum Gasteiger partial charge on any atom is -0.345 e. The highest BCUT2D eigenvalue weighted by molar-refractivity contribution is 5.81. The fourth-order valence-corrected chi connectivity index (χ4v) is 1.39. The molecule has 1 aromatic rings. The van der Waals surface area contributed by atoms with Gasteiger partial charge in [-0.1, -0.05) is 0 Å². The van der Waals surface area contributed by atoms with Crippen LogP contribution in [0.4, 0.5) is 5.69 Å². The van der Waals surface area contributed by atoms with E-state index >= 15 is 0 Å². The Kier molecular flexibility index (Phi) is 2.88. The molecule has 7 heteroatoms.